The number of carbonyl (C=O) groups excluding carboxylic acids is 1. The normalized spacial score (nSPS) is 11.2. The van der Waals surface area contributed by atoms with Gasteiger partial charge in [-0.25, -0.2) is 4.99 Å². The van der Waals surface area contributed by atoms with Gasteiger partial charge in [-0.15, -0.1) is 24.0 Å². The Bertz CT molecular complexity index is 601. The summed E-state index contributed by atoms with van der Waals surface area (Å²) in [5.41, 5.74) is 0.671. The van der Waals surface area contributed by atoms with Gasteiger partial charge in [-0.3, -0.25) is 4.79 Å². The zero-order valence-electron chi connectivity index (χ0n) is 16.4. The van der Waals surface area contributed by atoms with Crippen LogP contribution < -0.4 is 25.4 Å². The van der Waals surface area contributed by atoms with E-state index in [0.717, 1.165) is 11.3 Å². The molecule has 0 unspecified atom stereocenters. The van der Waals surface area contributed by atoms with Gasteiger partial charge in [-0.2, -0.15) is 0 Å². The van der Waals surface area contributed by atoms with Gasteiger partial charge in [0.05, 0.1) is 27.3 Å². The zero-order chi connectivity index (χ0) is 18.9. The van der Waals surface area contributed by atoms with Gasteiger partial charge in [0.25, 0.3) is 0 Å². The van der Waals surface area contributed by atoms with Crippen molar-refractivity contribution in [3.63, 3.8) is 0 Å². The molecular weight excluding hydrogens is 447 g/mol. The highest BCUT2D eigenvalue weighted by atomic mass is 127. The lowest BCUT2D eigenvalue weighted by Gasteiger charge is -2.21. The lowest BCUT2D eigenvalue weighted by molar-refractivity contribution is -0.121. The van der Waals surface area contributed by atoms with E-state index in [4.69, 9.17) is 9.47 Å². The fourth-order valence-electron chi connectivity index (χ4n) is 2.11. The molecular formula is C18H31IN4O3. The van der Waals surface area contributed by atoms with E-state index in [-0.39, 0.29) is 42.0 Å². The third kappa shape index (κ3) is 9.12. The molecule has 0 heterocycles. The number of hydrogen-bond acceptors (Lipinski definition) is 4. The second-order valence-electron chi connectivity index (χ2n) is 6.52. The smallest absolute Gasteiger partial charge is 0.239 e. The molecule has 26 heavy (non-hydrogen) atoms. The standard InChI is InChI=1S/C18H30N4O3.HI/c1-7-19-17(21-12-16(23)22-18(2,3)4)20-11-13-8-9-14(24-5)10-15(13)25-6;/h8-10H,7,11-12H2,1-6H3,(H,22,23)(H2,19,20,21);1H. The van der Waals surface area contributed by atoms with Gasteiger partial charge >= 0.3 is 0 Å². The van der Waals surface area contributed by atoms with Crippen LogP contribution in [-0.2, 0) is 11.3 Å². The molecule has 7 nitrogen and oxygen atoms in total. The molecule has 1 aromatic carbocycles. The van der Waals surface area contributed by atoms with Gasteiger partial charge in [-0.05, 0) is 39.8 Å². The first-order chi connectivity index (χ1) is 11.8. The second kappa shape index (κ2) is 11.8. The molecule has 0 spiro atoms. The van der Waals surface area contributed by atoms with Crippen molar-refractivity contribution in [1.82, 2.24) is 16.0 Å². The number of nitrogens with zero attached hydrogens (tertiary/aromatic N) is 1. The van der Waals surface area contributed by atoms with E-state index < -0.39 is 0 Å². The Morgan fingerprint density at radius 3 is 2.38 bits per heavy atom. The van der Waals surface area contributed by atoms with Crippen LogP contribution >= 0.6 is 24.0 Å². The van der Waals surface area contributed by atoms with Crippen molar-refractivity contribution in [2.24, 2.45) is 4.99 Å². The Labute approximate surface area is 173 Å². The Morgan fingerprint density at radius 1 is 1.15 bits per heavy atom. The minimum absolute atomic E-state index is 0. The second-order valence-corrected chi connectivity index (χ2v) is 6.52. The van der Waals surface area contributed by atoms with E-state index in [0.29, 0.717) is 24.8 Å². The summed E-state index contributed by atoms with van der Waals surface area (Å²) in [5.74, 6) is 1.93. The Kier molecular flexibility index (Phi) is 11.0. The number of ether oxygens (including phenoxy) is 2. The minimum atomic E-state index is -0.259. The van der Waals surface area contributed by atoms with Gasteiger partial charge in [0.2, 0.25) is 5.91 Å². The zero-order valence-corrected chi connectivity index (χ0v) is 18.8. The first-order valence-corrected chi connectivity index (χ1v) is 8.33. The maximum Gasteiger partial charge on any atom is 0.239 e. The Balaban J connectivity index is 0.00000625. The SMILES string of the molecule is CCNC(=NCc1ccc(OC)cc1OC)NCC(=O)NC(C)(C)C.I. The topological polar surface area (TPSA) is 84.0 Å². The van der Waals surface area contributed by atoms with Crippen LogP contribution in [0.25, 0.3) is 0 Å². The molecule has 1 aromatic rings. The number of hydrogen-bond donors (Lipinski definition) is 3. The average molecular weight is 478 g/mol. The van der Waals surface area contributed by atoms with Crippen LogP contribution in [0.5, 0.6) is 11.5 Å². The Hall–Kier alpha value is -1.71. The van der Waals surface area contributed by atoms with E-state index in [2.05, 4.69) is 20.9 Å². The lowest BCUT2D eigenvalue weighted by atomic mass is 10.1. The maximum atomic E-state index is 11.9. The van der Waals surface area contributed by atoms with Crippen LogP contribution in [0.15, 0.2) is 23.2 Å². The molecule has 0 bridgehead atoms. The highest BCUT2D eigenvalue weighted by Crippen LogP contribution is 2.25. The molecule has 3 N–H and O–H groups in total. The van der Waals surface area contributed by atoms with Gasteiger partial charge in [0.15, 0.2) is 5.96 Å². The molecule has 0 saturated heterocycles. The van der Waals surface area contributed by atoms with Gasteiger partial charge in [0.1, 0.15) is 11.5 Å². The van der Waals surface area contributed by atoms with Crippen molar-refractivity contribution in [2.75, 3.05) is 27.3 Å². The molecule has 0 aliphatic heterocycles. The van der Waals surface area contributed by atoms with E-state index >= 15 is 0 Å². The molecule has 0 aliphatic rings. The van der Waals surface area contributed by atoms with Crippen molar-refractivity contribution in [3.8, 4) is 11.5 Å². The number of carbonyl (C=O) groups is 1. The number of aliphatic imine (C=N–C) groups is 1. The quantitative estimate of drug-likeness (QED) is 0.318. The molecule has 0 fully saturated rings. The largest absolute Gasteiger partial charge is 0.497 e. The average Bonchev–Trinajstić information content (AvgIpc) is 2.55. The minimum Gasteiger partial charge on any atom is -0.497 e. The molecule has 0 aliphatic carbocycles. The summed E-state index contributed by atoms with van der Waals surface area (Å²) in [5, 5.41) is 9.06. The number of halogens is 1. The van der Waals surface area contributed by atoms with Crippen molar-refractivity contribution in [3.05, 3.63) is 23.8 Å². The van der Waals surface area contributed by atoms with E-state index in [9.17, 15) is 4.79 Å². The van der Waals surface area contributed by atoms with Crippen molar-refractivity contribution in [1.29, 1.82) is 0 Å². The van der Waals surface area contributed by atoms with Crippen LogP contribution in [0.4, 0.5) is 0 Å². The van der Waals surface area contributed by atoms with Gasteiger partial charge < -0.3 is 25.4 Å². The predicted octanol–water partition coefficient (Wildman–Crippen LogP) is 2.29. The number of nitrogens with one attached hydrogen (secondary N) is 3. The summed E-state index contributed by atoms with van der Waals surface area (Å²) < 4.78 is 10.6. The molecule has 0 radical (unpaired) electrons. The van der Waals surface area contributed by atoms with Gasteiger partial charge in [0, 0.05) is 23.7 Å². The summed E-state index contributed by atoms with van der Waals surface area (Å²) in [6.07, 6.45) is 0. The van der Waals surface area contributed by atoms with Crippen LogP contribution in [-0.4, -0.2) is 44.7 Å². The van der Waals surface area contributed by atoms with E-state index in [1.165, 1.54) is 0 Å². The number of amides is 1. The summed E-state index contributed by atoms with van der Waals surface area (Å²) in [4.78, 5) is 16.4. The monoisotopic (exact) mass is 478 g/mol. The number of rotatable bonds is 7. The number of benzene rings is 1. The first-order valence-electron chi connectivity index (χ1n) is 8.33. The molecule has 0 atom stereocenters. The molecule has 0 saturated carbocycles. The predicted molar refractivity (Wildman–Crippen MR) is 116 cm³/mol. The molecule has 8 heteroatoms. The molecule has 1 amide bonds. The Morgan fingerprint density at radius 2 is 1.85 bits per heavy atom. The van der Waals surface area contributed by atoms with E-state index in [1.807, 2.05) is 45.9 Å². The fraction of sp³-hybridized carbons (Fsp3) is 0.556. The van der Waals surface area contributed by atoms with Crippen molar-refractivity contribution in [2.45, 2.75) is 39.8 Å². The summed E-state index contributed by atoms with van der Waals surface area (Å²) in [6, 6.07) is 5.60. The third-order valence-electron chi connectivity index (χ3n) is 3.18. The molecule has 148 valence electrons. The maximum absolute atomic E-state index is 11.9. The first kappa shape index (κ1) is 24.3. The fourth-order valence-corrected chi connectivity index (χ4v) is 2.11. The lowest BCUT2D eigenvalue weighted by Crippen LogP contribution is -2.48. The third-order valence-corrected chi connectivity index (χ3v) is 3.18. The van der Waals surface area contributed by atoms with Crippen molar-refractivity contribution < 1.29 is 14.3 Å². The van der Waals surface area contributed by atoms with Crippen LogP contribution in [0.3, 0.4) is 0 Å². The molecule has 0 aromatic heterocycles. The highest BCUT2D eigenvalue weighted by Gasteiger charge is 2.13. The highest BCUT2D eigenvalue weighted by molar-refractivity contribution is 14.0. The summed E-state index contributed by atoms with van der Waals surface area (Å²) >= 11 is 0. The molecule has 1 rings (SSSR count). The summed E-state index contributed by atoms with van der Waals surface area (Å²) in [6.45, 7) is 9.08. The van der Waals surface area contributed by atoms with Gasteiger partial charge in [-0.1, -0.05) is 0 Å². The number of methoxy groups -OCH3 is 2. The summed E-state index contributed by atoms with van der Waals surface area (Å²) in [7, 11) is 3.23. The van der Waals surface area contributed by atoms with Crippen LogP contribution in [0, 0.1) is 0 Å². The number of guanidine groups is 1. The van der Waals surface area contributed by atoms with Crippen LogP contribution in [0.1, 0.15) is 33.3 Å². The van der Waals surface area contributed by atoms with Crippen LogP contribution in [0.2, 0.25) is 0 Å². The van der Waals surface area contributed by atoms with Crippen molar-refractivity contribution >= 4 is 35.8 Å². The van der Waals surface area contributed by atoms with E-state index in [1.54, 1.807) is 14.2 Å².